The summed E-state index contributed by atoms with van der Waals surface area (Å²) >= 11 is 0. The lowest BCUT2D eigenvalue weighted by molar-refractivity contribution is -0.379. The van der Waals surface area contributed by atoms with Gasteiger partial charge in [-0.3, -0.25) is 4.79 Å². The number of carbonyl (C=O) groups excluding carboxylic acids is 1. The fourth-order valence-electron chi connectivity index (χ4n) is 10.1. The SMILES string of the molecule is CCC/C=C\CCCCCCCC(=O)NC(COC1OC(CO)C(OC2OC(CO)C(OC3OC(CO)C(O)C(O)C3O)C(O)C2O)C(O)C1O)C(O)/C=C/CCCCCCCCCCCCCCCCCCCCC. The lowest BCUT2D eigenvalue weighted by atomic mass is 9.96. The van der Waals surface area contributed by atoms with Crippen molar-refractivity contribution in [3.8, 4) is 0 Å². The summed E-state index contributed by atoms with van der Waals surface area (Å²) in [6, 6.07) is -0.973. The maximum atomic E-state index is 13.2. The van der Waals surface area contributed by atoms with E-state index in [1.165, 1.54) is 103 Å². The van der Waals surface area contributed by atoms with Crippen LogP contribution in [0.25, 0.3) is 0 Å². The van der Waals surface area contributed by atoms with E-state index in [9.17, 15) is 61.0 Å². The van der Waals surface area contributed by atoms with E-state index >= 15 is 0 Å². The molecule has 0 aromatic carbocycles. The van der Waals surface area contributed by atoms with Crippen molar-refractivity contribution in [2.45, 2.75) is 304 Å². The average molecular weight is 1090 g/mol. The second kappa shape index (κ2) is 41.3. The average Bonchev–Trinajstić information content (AvgIpc) is 3.42. The first-order valence-corrected chi connectivity index (χ1v) is 29.6. The number of hydrogen-bond donors (Lipinski definition) is 12. The van der Waals surface area contributed by atoms with Gasteiger partial charge in [0.05, 0.1) is 38.6 Å². The minimum atomic E-state index is -1.98. The minimum absolute atomic E-state index is 0.233. The van der Waals surface area contributed by atoms with Gasteiger partial charge in [0, 0.05) is 6.42 Å². The van der Waals surface area contributed by atoms with Gasteiger partial charge in [0.15, 0.2) is 18.9 Å². The van der Waals surface area contributed by atoms with Gasteiger partial charge < -0.3 is 89.9 Å². The first kappa shape index (κ1) is 68.5. The molecule has 0 aliphatic carbocycles. The smallest absolute Gasteiger partial charge is 0.220 e. The third kappa shape index (κ3) is 25.4. The molecule has 0 saturated carbocycles. The van der Waals surface area contributed by atoms with E-state index in [1.807, 2.05) is 6.08 Å². The molecule has 0 aromatic rings. The van der Waals surface area contributed by atoms with Crippen molar-refractivity contribution in [2.75, 3.05) is 26.4 Å². The van der Waals surface area contributed by atoms with E-state index in [2.05, 4.69) is 31.3 Å². The van der Waals surface area contributed by atoms with E-state index in [0.29, 0.717) is 6.42 Å². The molecule has 3 saturated heterocycles. The van der Waals surface area contributed by atoms with E-state index in [1.54, 1.807) is 6.08 Å². The summed E-state index contributed by atoms with van der Waals surface area (Å²) < 4.78 is 34.2. The number of rotatable bonds is 43. The number of nitrogens with one attached hydrogen (secondary N) is 1. The molecule has 3 aliphatic rings. The molecule has 12 N–H and O–H groups in total. The van der Waals surface area contributed by atoms with Crippen LogP contribution in [0.2, 0.25) is 0 Å². The maximum absolute atomic E-state index is 13.2. The Hall–Kier alpha value is -1.73. The van der Waals surface area contributed by atoms with Crippen molar-refractivity contribution >= 4 is 5.91 Å². The third-order valence-corrected chi connectivity index (χ3v) is 15.0. The molecule has 19 heteroatoms. The molecule has 3 fully saturated rings. The van der Waals surface area contributed by atoms with Crippen molar-refractivity contribution in [3.63, 3.8) is 0 Å². The van der Waals surface area contributed by atoms with Crippen LogP contribution in [0.1, 0.15) is 200 Å². The Morgan fingerprint density at radius 3 is 1.33 bits per heavy atom. The van der Waals surface area contributed by atoms with Gasteiger partial charge in [-0.2, -0.15) is 0 Å². The van der Waals surface area contributed by atoms with Crippen LogP contribution in [0.5, 0.6) is 0 Å². The number of amides is 1. The highest BCUT2D eigenvalue weighted by atomic mass is 16.8. The summed E-state index contributed by atoms with van der Waals surface area (Å²) in [6.07, 6.45) is 14.7. The molecule has 3 aliphatic heterocycles. The van der Waals surface area contributed by atoms with Gasteiger partial charge in [-0.15, -0.1) is 0 Å². The van der Waals surface area contributed by atoms with Gasteiger partial charge in [-0.25, -0.2) is 0 Å². The molecule has 3 rings (SSSR count). The fourth-order valence-corrected chi connectivity index (χ4v) is 10.1. The van der Waals surface area contributed by atoms with E-state index in [-0.39, 0.29) is 18.9 Å². The Kier molecular flexibility index (Phi) is 37.2. The summed E-state index contributed by atoms with van der Waals surface area (Å²) in [6.45, 7) is 1.64. The predicted molar refractivity (Wildman–Crippen MR) is 286 cm³/mol. The highest BCUT2D eigenvalue weighted by Crippen LogP contribution is 2.33. The monoisotopic (exact) mass is 1090 g/mol. The number of ether oxygens (including phenoxy) is 6. The summed E-state index contributed by atoms with van der Waals surface area (Å²) in [7, 11) is 0. The van der Waals surface area contributed by atoms with Crippen molar-refractivity contribution in [1.29, 1.82) is 0 Å². The number of carbonyl (C=O) groups is 1. The first-order chi connectivity index (χ1) is 36.8. The normalized spacial score (nSPS) is 31.1. The minimum Gasteiger partial charge on any atom is -0.394 e. The highest BCUT2D eigenvalue weighted by molar-refractivity contribution is 5.76. The molecule has 0 radical (unpaired) electrons. The summed E-state index contributed by atoms with van der Waals surface area (Å²) in [4.78, 5) is 13.2. The van der Waals surface area contributed by atoms with E-state index < -0.39 is 124 Å². The summed E-state index contributed by atoms with van der Waals surface area (Å²) in [5.74, 6) is -0.288. The molecule has 76 heavy (non-hydrogen) atoms. The number of aliphatic hydroxyl groups excluding tert-OH is 11. The molecular formula is C57H105NO18. The van der Waals surface area contributed by atoms with Crippen LogP contribution >= 0.6 is 0 Å². The van der Waals surface area contributed by atoms with Gasteiger partial charge in [-0.05, 0) is 38.5 Å². The van der Waals surface area contributed by atoms with E-state index in [0.717, 1.165) is 70.6 Å². The van der Waals surface area contributed by atoms with E-state index in [4.69, 9.17) is 28.4 Å². The second-order valence-electron chi connectivity index (χ2n) is 21.5. The first-order valence-electron chi connectivity index (χ1n) is 29.6. The number of aliphatic hydroxyl groups is 11. The Labute approximate surface area is 454 Å². The molecule has 3 heterocycles. The zero-order valence-electron chi connectivity index (χ0n) is 46.2. The third-order valence-electron chi connectivity index (χ3n) is 15.0. The van der Waals surface area contributed by atoms with Crippen LogP contribution < -0.4 is 5.32 Å². The van der Waals surface area contributed by atoms with Crippen LogP contribution in [0.3, 0.4) is 0 Å². The largest absolute Gasteiger partial charge is 0.394 e. The standard InChI is InChI=1S/C57H105NO18/c1-3-5-7-9-11-13-15-16-17-18-19-20-21-22-23-24-25-26-28-30-32-34-41(62)40(58-45(63)35-33-31-29-27-14-12-10-8-6-4-2)39-71-55-51(69)48(66)53(43(37-60)73-55)76-57-52(70)49(67)54(44(38-61)74-57)75-56-50(68)47(65)46(64)42(36-59)72-56/h8,10,32,34,40-44,46-57,59-62,64-70H,3-7,9,11-31,33,35-39H2,1-2H3,(H,58,63)/b10-8-,34-32+. The lowest BCUT2D eigenvalue weighted by Gasteiger charge is -2.48. The molecule has 0 aromatic heterocycles. The Bertz CT molecular complexity index is 1490. The predicted octanol–water partition coefficient (Wildman–Crippen LogP) is 4.76. The number of hydrogen-bond acceptors (Lipinski definition) is 18. The second-order valence-corrected chi connectivity index (χ2v) is 21.5. The Morgan fingerprint density at radius 2 is 0.855 bits per heavy atom. The summed E-state index contributed by atoms with van der Waals surface area (Å²) in [5, 5.41) is 120. The quantitative estimate of drug-likeness (QED) is 0.0289. The van der Waals surface area contributed by atoms with Gasteiger partial charge in [0.25, 0.3) is 0 Å². The number of allylic oxidation sites excluding steroid dienone is 3. The molecule has 17 atom stereocenters. The molecule has 1 amide bonds. The number of unbranched alkanes of at least 4 members (excludes halogenated alkanes) is 25. The van der Waals surface area contributed by atoms with Crippen LogP contribution in [0, 0.1) is 0 Å². The van der Waals surface area contributed by atoms with Crippen LogP contribution in [-0.4, -0.2) is 193 Å². The van der Waals surface area contributed by atoms with Gasteiger partial charge >= 0.3 is 0 Å². The van der Waals surface area contributed by atoms with Gasteiger partial charge in [-0.1, -0.05) is 179 Å². The molecule has 17 unspecified atom stereocenters. The molecule has 446 valence electrons. The van der Waals surface area contributed by atoms with Crippen molar-refractivity contribution in [1.82, 2.24) is 5.32 Å². The highest BCUT2D eigenvalue weighted by Gasteiger charge is 2.53. The fraction of sp³-hybridized carbons (Fsp3) is 0.912. The molecule has 0 spiro atoms. The molecule has 19 nitrogen and oxygen atoms in total. The van der Waals surface area contributed by atoms with Gasteiger partial charge in [0.2, 0.25) is 5.91 Å². The molecular weight excluding hydrogens is 987 g/mol. The van der Waals surface area contributed by atoms with Crippen LogP contribution in [0.15, 0.2) is 24.3 Å². The van der Waals surface area contributed by atoms with Gasteiger partial charge in [0.1, 0.15) is 73.2 Å². The molecule has 0 bridgehead atoms. The lowest BCUT2D eigenvalue weighted by Crippen LogP contribution is -2.66. The van der Waals surface area contributed by atoms with Crippen molar-refractivity contribution < 1.29 is 89.4 Å². The zero-order chi connectivity index (χ0) is 55.5. The Morgan fingerprint density at radius 1 is 0.461 bits per heavy atom. The van der Waals surface area contributed by atoms with Crippen LogP contribution in [0.4, 0.5) is 0 Å². The van der Waals surface area contributed by atoms with Crippen molar-refractivity contribution in [2.24, 2.45) is 0 Å². The van der Waals surface area contributed by atoms with Crippen LogP contribution in [-0.2, 0) is 33.2 Å². The van der Waals surface area contributed by atoms with Crippen molar-refractivity contribution in [3.05, 3.63) is 24.3 Å². The topological polar surface area (TPSA) is 307 Å². The maximum Gasteiger partial charge on any atom is 0.220 e. The summed E-state index contributed by atoms with van der Waals surface area (Å²) in [5.41, 5.74) is 0. The zero-order valence-corrected chi connectivity index (χ0v) is 46.2. The Balaban J connectivity index is 1.49.